The van der Waals surface area contributed by atoms with Crippen LogP contribution in [0.5, 0.6) is 0 Å². The predicted octanol–water partition coefficient (Wildman–Crippen LogP) is 4.24. The van der Waals surface area contributed by atoms with Crippen molar-refractivity contribution in [2.45, 2.75) is 40.0 Å². The Kier molecular flexibility index (Phi) is 7.76. The number of hydrogen-bond donors (Lipinski definition) is 1. The molecule has 0 aliphatic heterocycles. The largest absolute Gasteiger partial charge is 0.395 e. The second-order valence-corrected chi connectivity index (χ2v) is 6.41. The predicted molar refractivity (Wildman–Crippen MR) is 66.5 cm³/mol. The van der Waals surface area contributed by atoms with Crippen molar-refractivity contribution in [3.63, 3.8) is 0 Å². The van der Waals surface area contributed by atoms with E-state index in [-0.39, 0.29) is 0 Å². The van der Waals surface area contributed by atoms with E-state index in [1.165, 1.54) is 22.6 Å². The summed E-state index contributed by atoms with van der Waals surface area (Å²) in [5.74, 6) is -35.3. The lowest BCUT2D eigenvalue weighted by Gasteiger charge is -2.39. The number of halogens is 13. The molecule has 0 rings (SSSR count). The van der Waals surface area contributed by atoms with Crippen LogP contribution in [0.2, 0.25) is 0 Å². The minimum Gasteiger partial charge on any atom is -0.395 e. The quantitative estimate of drug-likeness (QED) is 0.268. The molecule has 1 unspecified atom stereocenters. The average Bonchev–Trinajstić information content (AvgIpc) is 2.45. The van der Waals surface area contributed by atoms with E-state index in [4.69, 9.17) is 5.11 Å². The minimum atomic E-state index is -7.55. The molecule has 0 amide bonds. The lowest BCUT2D eigenvalue weighted by atomic mass is 9.94. The first-order valence-corrected chi connectivity index (χ1v) is 7.14. The molecular weight excluding hydrogens is 507 g/mol. The maximum atomic E-state index is 13.2. The highest BCUT2D eigenvalue weighted by Gasteiger charge is 2.87. The van der Waals surface area contributed by atoms with Crippen molar-refractivity contribution < 1.29 is 62.5 Å². The van der Waals surface area contributed by atoms with Gasteiger partial charge in [-0.25, -0.2) is 8.78 Å². The van der Waals surface area contributed by atoms with Gasteiger partial charge in [-0.15, -0.1) is 0 Å². The van der Waals surface area contributed by atoms with Crippen molar-refractivity contribution in [2.75, 3.05) is 19.8 Å². The molecule has 152 valence electrons. The Balaban J connectivity index is 5.64. The van der Waals surface area contributed by atoms with Gasteiger partial charge in [-0.1, -0.05) is 22.6 Å². The van der Waals surface area contributed by atoms with Gasteiger partial charge in [0.05, 0.1) is 17.1 Å². The second-order valence-electron chi connectivity index (χ2n) is 4.65. The molecule has 0 aromatic carbocycles. The van der Waals surface area contributed by atoms with E-state index >= 15 is 0 Å². The van der Waals surface area contributed by atoms with E-state index < -0.39 is 59.8 Å². The van der Waals surface area contributed by atoms with Crippen LogP contribution in [0.15, 0.2) is 0 Å². The van der Waals surface area contributed by atoms with Crippen LogP contribution >= 0.6 is 22.6 Å². The molecule has 0 radical (unpaired) electrons. The fourth-order valence-corrected chi connectivity index (χ4v) is 1.49. The van der Waals surface area contributed by atoms with Crippen LogP contribution < -0.4 is 0 Å². The van der Waals surface area contributed by atoms with Gasteiger partial charge in [-0.2, -0.15) is 43.9 Å². The summed E-state index contributed by atoms with van der Waals surface area (Å²) < 4.78 is 156. The standard InChI is InChI=1S/C10H9F12IO2/c11-5(12)7(15,16)9(19,20)10(21,22)8(17,18)6(13,14)3-25-2-4(23)1-24/h4-5,24H,1-3H2. The van der Waals surface area contributed by atoms with Crippen LogP contribution in [-0.4, -0.2) is 64.9 Å². The van der Waals surface area contributed by atoms with E-state index in [0.29, 0.717) is 0 Å². The summed E-state index contributed by atoms with van der Waals surface area (Å²) in [4.78, 5) is 0. The lowest BCUT2D eigenvalue weighted by molar-refractivity contribution is -0.415. The minimum absolute atomic E-state index is 0.711. The molecule has 0 aliphatic rings. The highest BCUT2D eigenvalue weighted by molar-refractivity contribution is 14.1. The van der Waals surface area contributed by atoms with Crippen LogP contribution in [-0.2, 0) is 4.74 Å². The lowest BCUT2D eigenvalue weighted by Crippen LogP contribution is -2.69. The highest BCUT2D eigenvalue weighted by Crippen LogP contribution is 2.58. The number of hydrogen-bond acceptors (Lipinski definition) is 2. The molecule has 0 aromatic rings. The summed E-state index contributed by atoms with van der Waals surface area (Å²) >= 11 is 1.37. The molecule has 0 saturated heterocycles. The number of aliphatic hydroxyl groups excluding tert-OH is 1. The van der Waals surface area contributed by atoms with Crippen LogP contribution in [0.3, 0.4) is 0 Å². The van der Waals surface area contributed by atoms with Gasteiger partial charge < -0.3 is 9.84 Å². The first kappa shape index (κ1) is 24.8. The first-order chi connectivity index (χ1) is 10.9. The Morgan fingerprint density at radius 2 is 1.24 bits per heavy atom. The van der Waals surface area contributed by atoms with Crippen LogP contribution in [0, 0.1) is 0 Å². The summed E-state index contributed by atoms with van der Waals surface area (Å²) in [6.07, 6.45) is -5.53. The van der Waals surface area contributed by atoms with Crippen molar-refractivity contribution in [3.05, 3.63) is 0 Å². The molecule has 0 heterocycles. The van der Waals surface area contributed by atoms with E-state index in [9.17, 15) is 52.7 Å². The topological polar surface area (TPSA) is 29.5 Å². The van der Waals surface area contributed by atoms with Crippen LogP contribution in [0.4, 0.5) is 52.7 Å². The second kappa shape index (κ2) is 7.82. The van der Waals surface area contributed by atoms with Crippen molar-refractivity contribution in [1.82, 2.24) is 0 Å². The smallest absolute Gasteiger partial charge is 0.384 e. The fourth-order valence-electron chi connectivity index (χ4n) is 1.23. The highest BCUT2D eigenvalue weighted by atomic mass is 127. The number of alkyl halides is 13. The third kappa shape index (κ3) is 4.39. The molecule has 15 heteroatoms. The molecule has 1 atom stereocenters. The zero-order chi connectivity index (χ0) is 20.5. The SMILES string of the molecule is OCC(I)COCC(F)(F)C(F)(F)C(F)(F)C(F)(F)C(F)(F)C(F)F. The average molecular weight is 516 g/mol. The molecule has 1 N–H and O–H groups in total. The molecule has 0 aliphatic carbocycles. The fraction of sp³-hybridized carbons (Fsp3) is 1.00. The van der Waals surface area contributed by atoms with Crippen molar-refractivity contribution in [3.8, 4) is 0 Å². The van der Waals surface area contributed by atoms with Gasteiger partial charge in [0.1, 0.15) is 6.61 Å². The maximum Gasteiger partial charge on any atom is 0.384 e. The number of aliphatic hydroxyl groups is 1. The van der Waals surface area contributed by atoms with E-state index in [0.717, 1.165) is 0 Å². The van der Waals surface area contributed by atoms with Gasteiger partial charge in [0.2, 0.25) is 0 Å². The first-order valence-electron chi connectivity index (χ1n) is 5.90. The van der Waals surface area contributed by atoms with E-state index in [2.05, 4.69) is 4.74 Å². The Morgan fingerprint density at radius 1 is 0.800 bits per heavy atom. The summed E-state index contributed by atoms with van der Waals surface area (Å²) in [5, 5.41) is 8.50. The number of ether oxygens (including phenoxy) is 1. The monoisotopic (exact) mass is 516 g/mol. The van der Waals surface area contributed by atoms with Crippen molar-refractivity contribution in [1.29, 1.82) is 0 Å². The van der Waals surface area contributed by atoms with Gasteiger partial charge in [0, 0.05) is 0 Å². The third-order valence-electron chi connectivity index (χ3n) is 2.72. The molecule has 0 saturated carbocycles. The summed E-state index contributed by atoms with van der Waals surface area (Å²) in [7, 11) is 0. The Hall–Kier alpha value is -0.190. The van der Waals surface area contributed by atoms with E-state index in [1.807, 2.05) is 0 Å². The summed E-state index contributed by atoms with van der Waals surface area (Å²) in [5.41, 5.74) is 0. The van der Waals surface area contributed by atoms with Crippen LogP contribution in [0.1, 0.15) is 0 Å². The maximum absolute atomic E-state index is 13.2. The van der Waals surface area contributed by atoms with Crippen molar-refractivity contribution >= 4 is 22.6 Å². The van der Waals surface area contributed by atoms with Gasteiger partial charge >= 0.3 is 36.0 Å². The zero-order valence-electron chi connectivity index (χ0n) is 11.5. The number of rotatable bonds is 10. The van der Waals surface area contributed by atoms with Gasteiger partial charge in [0.15, 0.2) is 0 Å². The Bertz CT molecular complexity index is 442. The molecular formula is C10H9F12IO2. The molecule has 2 nitrogen and oxygen atoms in total. The summed E-state index contributed by atoms with van der Waals surface area (Å²) in [6.45, 7) is -4.24. The third-order valence-corrected chi connectivity index (χ3v) is 3.47. The van der Waals surface area contributed by atoms with E-state index in [1.54, 1.807) is 0 Å². The Labute approximate surface area is 145 Å². The van der Waals surface area contributed by atoms with Crippen LogP contribution in [0.25, 0.3) is 0 Å². The zero-order valence-corrected chi connectivity index (χ0v) is 13.7. The van der Waals surface area contributed by atoms with Gasteiger partial charge in [-0.05, 0) is 0 Å². The molecule has 0 spiro atoms. The van der Waals surface area contributed by atoms with Gasteiger partial charge in [0.25, 0.3) is 0 Å². The molecule has 25 heavy (non-hydrogen) atoms. The Morgan fingerprint density at radius 3 is 1.60 bits per heavy atom. The van der Waals surface area contributed by atoms with Crippen molar-refractivity contribution in [2.24, 2.45) is 0 Å². The normalized spacial score (nSPS) is 16.4. The molecule has 0 fully saturated rings. The molecule has 0 aromatic heterocycles. The van der Waals surface area contributed by atoms with Gasteiger partial charge in [-0.3, -0.25) is 0 Å². The molecule has 0 bridgehead atoms. The summed E-state index contributed by atoms with van der Waals surface area (Å²) in [6, 6.07) is 0.